The molecule has 2 heterocycles. The van der Waals surface area contributed by atoms with E-state index >= 15 is 0 Å². The summed E-state index contributed by atoms with van der Waals surface area (Å²) in [5.41, 5.74) is 0.923. The number of halogens is 1. The van der Waals surface area contributed by atoms with Crippen molar-refractivity contribution in [2.24, 2.45) is 11.3 Å². The summed E-state index contributed by atoms with van der Waals surface area (Å²) in [4.78, 5) is 14.5. The first-order valence-corrected chi connectivity index (χ1v) is 7.72. The number of likely N-dealkylation sites (tertiary alicyclic amines) is 1. The zero-order chi connectivity index (χ0) is 15.0. The van der Waals surface area contributed by atoms with E-state index in [1.54, 1.807) is 0 Å². The largest absolute Gasteiger partial charge is 0.379 e. The zero-order valence-electron chi connectivity index (χ0n) is 12.4. The molecule has 21 heavy (non-hydrogen) atoms. The van der Waals surface area contributed by atoms with Crippen molar-refractivity contribution >= 4 is 23.2 Å². The van der Waals surface area contributed by atoms with Gasteiger partial charge < -0.3 is 15.0 Å². The van der Waals surface area contributed by atoms with E-state index in [1.165, 1.54) is 0 Å². The van der Waals surface area contributed by atoms with Gasteiger partial charge in [-0.05, 0) is 17.5 Å². The van der Waals surface area contributed by atoms with Crippen molar-refractivity contribution < 1.29 is 9.53 Å². The van der Waals surface area contributed by atoms with Crippen LogP contribution in [0.25, 0.3) is 0 Å². The first-order chi connectivity index (χ1) is 9.99. The van der Waals surface area contributed by atoms with Crippen LogP contribution in [0.4, 0.5) is 5.69 Å². The molecule has 2 aliphatic rings. The number of carbonyl (C=O) groups is 1. The molecule has 0 bridgehead atoms. The van der Waals surface area contributed by atoms with Crippen LogP contribution in [0.2, 0.25) is 5.02 Å². The maximum atomic E-state index is 12.5. The molecule has 2 fully saturated rings. The molecule has 0 radical (unpaired) electrons. The Morgan fingerprint density at radius 3 is 2.95 bits per heavy atom. The normalized spacial score (nSPS) is 26.7. The molecule has 4 nitrogen and oxygen atoms in total. The molecule has 0 aromatic heterocycles. The van der Waals surface area contributed by atoms with E-state index in [2.05, 4.69) is 19.2 Å². The van der Waals surface area contributed by atoms with Crippen LogP contribution in [0.3, 0.4) is 0 Å². The molecule has 1 aromatic rings. The smallest absolute Gasteiger partial charge is 0.242 e. The van der Waals surface area contributed by atoms with Crippen LogP contribution in [-0.2, 0) is 9.53 Å². The molecule has 1 aromatic carbocycles. The van der Waals surface area contributed by atoms with E-state index in [4.69, 9.17) is 16.3 Å². The number of benzene rings is 1. The number of carbonyl (C=O) groups excluding carboxylic acids is 1. The van der Waals surface area contributed by atoms with Gasteiger partial charge in [-0.1, -0.05) is 37.6 Å². The second kappa shape index (κ2) is 5.50. The lowest BCUT2D eigenvalue weighted by Crippen LogP contribution is -2.41. The Bertz CT molecular complexity index is 547. The molecule has 2 saturated heterocycles. The summed E-state index contributed by atoms with van der Waals surface area (Å²) in [6.07, 6.45) is 0. The molecule has 1 amide bonds. The number of hydrogen-bond acceptors (Lipinski definition) is 3. The maximum absolute atomic E-state index is 12.5. The molecule has 0 aliphatic carbocycles. The van der Waals surface area contributed by atoms with Gasteiger partial charge in [0.1, 0.15) is 0 Å². The quantitative estimate of drug-likeness (QED) is 0.933. The fraction of sp³-hybridized carbons (Fsp3) is 0.562. The summed E-state index contributed by atoms with van der Waals surface area (Å²) in [6, 6.07) is 7.69. The predicted octanol–water partition coefficient (Wildman–Crippen LogP) is 2.64. The van der Waals surface area contributed by atoms with Gasteiger partial charge >= 0.3 is 0 Å². The molecule has 2 aliphatic heterocycles. The molecule has 1 N–H and O–H groups in total. The van der Waals surface area contributed by atoms with Crippen LogP contribution >= 0.6 is 11.6 Å². The van der Waals surface area contributed by atoms with Crippen LogP contribution in [0.15, 0.2) is 24.3 Å². The van der Waals surface area contributed by atoms with Gasteiger partial charge in [0.25, 0.3) is 0 Å². The number of rotatable bonds is 3. The second-order valence-corrected chi connectivity index (χ2v) is 6.96. The predicted molar refractivity (Wildman–Crippen MR) is 83.5 cm³/mol. The molecule has 114 valence electrons. The summed E-state index contributed by atoms with van der Waals surface area (Å²) in [7, 11) is 0. The van der Waals surface area contributed by atoms with E-state index in [-0.39, 0.29) is 23.9 Å². The lowest BCUT2D eigenvalue weighted by molar-refractivity contribution is -0.130. The number of nitrogens with one attached hydrogen (secondary N) is 1. The zero-order valence-corrected chi connectivity index (χ0v) is 13.2. The molecular formula is C16H21ClN2O2. The van der Waals surface area contributed by atoms with Crippen molar-refractivity contribution in [3.63, 3.8) is 0 Å². The Balaban J connectivity index is 1.65. The highest BCUT2D eigenvalue weighted by Gasteiger charge is 2.51. The van der Waals surface area contributed by atoms with Gasteiger partial charge in [-0.2, -0.15) is 0 Å². The van der Waals surface area contributed by atoms with Crippen molar-refractivity contribution in [2.45, 2.75) is 19.9 Å². The average Bonchev–Trinajstić information content (AvgIpc) is 3.01. The molecular weight excluding hydrogens is 288 g/mol. The molecule has 0 unspecified atom stereocenters. The van der Waals surface area contributed by atoms with Gasteiger partial charge in [0.05, 0.1) is 36.5 Å². The summed E-state index contributed by atoms with van der Waals surface area (Å²) < 4.78 is 5.57. The number of anilines is 1. The number of nitrogens with zero attached hydrogens (tertiary/aromatic N) is 1. The van der Waals surface area contributed by atoms with Gasteiger partial charge in [0.15, 0.2) is 0 Å². The topological polar surface area (TPSA) is 41.6 Å². The van der Waals surface area contributed by atoms with Crippen LogP contribution in [0, 0.1) is 11.3 Å². The van der Waals surface area contributed by atoms with E-state index in [0.29, 0.717) is 17.5 Å². The van der Waals surface area contributed by atoms with Crippen LogP contribution < -0.4 is 5.32 Å². The number of ether oxygens (including phenoxy) is 1. The number of para-hydroxylation sites is 1. The van der Waals surface area contributed by atoms with Gasteiger partial charge in [0.2, 0.25) is 5.91 Å². The number of fused-ring (bicyclic) bond motifs is 1. The summed E-state index contributed by atoms with van der Waals surface area (Å²) in [6.45, 7) is 6.92. The summed E-state index contributed by atoms with van der Waals surface area (Å²) in [5.74, 6) is 0.558. The number of hydrogen-bond donors (Lipinski definition) is 1. The van der Waals surface area contributed by atoms with Crippen molar-refractivity contribution in [1.29, 1.82) is 0 Å². The Hall–Kier alpha value is -1.26. The maximum Gasteiger partial charge on any atom is 0.242 e. The van der Waals surface area contributed by atoms with Crippen molar-refractivity contribution in [3.8, 4) is 0 Å². The van der Waals surface area contributed by atoms with Crippen LogP contribution in [0.1, 0.15) is 13.8 Å². The molecule has 5 heteroatoms. The minimum Gasteiger partial charge on any atom is -0.379 e. The minimum absolute atomic E-state index is 0.112. The fourth-order valence-electron chi connectivity index (χ4n) is 3.42. The van der Waals surface area contributed by atoms with Crippen LogP contribution in [-0.4, -0.2) is 43.2 Å². The Morgan fingerprint density at radius 1 is 1.43 bits per heavy atom. The highest BCUT2D eigenvalue weighted by Crippen LogP contribution is 2.43. The van der Waals surface area contributed by atoms with Gasteiger partial charge in [-0.3, -0.25) is 4.79 Å². The Morgan fingerprint density at radius 2 is 2.19 bits per heavy atom. The first-order valence-electron chi connectivity index (χ1n) is 7.35. The monoisotopic (exact) mass is 308 g/mol. The summed E-state index contributed by atoms with van der Waals surface area (Å²) >= 11 is 6.09. The fourth-order valence-corrected chi connectivity index (χ4v) is 3.62. The molecule has 3 rings (SSSR count). The van der Waals surface area contributed by atoms with E-state index < -0.39 is 0 Å². The SMILES string of the molecule is CC1(C)CN(C(=O)CNc2ccccc2Cl)[C@@H]2COC[C@@H]21. The van der Waals surface area contributed by atoms with Gasteiger partial charge in [-0.25, -0.2) is 0 Å². The Labute approximate surface area is 130 Å². The van der Waals surface area contributed by atoms with E-state index in [0.717, 1.165) is 18.8 Å². The third-order valence-corrected chi connectivity index (χ3v) is 4.99. The molecule has 0 spiro atoms. The highest BCUT2D eigenvalue weighted by atomic mass is 35.5. The van der Waals surface area contributed by atoms with Crippen molar-refractivity contribution in [2.75, 3.05) is 31.6 Å². The average molecular weight is 309 g/mol. The molecule has 0 saturated carbocycles. The van der Waals surface area contributed by atoms with E-state index in [9.17, 15) is 4.79 Å². The molecule has 2 atom stereocenters. The number of amides is 1. The van der Waals surface area contributed by atoms with E-state index in [1.807, 2.05) is 29.2 Å². The highest BCUT2D eigenvalue weighted by molar-refractivity contribution is 6.33. The minimum atomic E-state index is 0.112. The van der Waals surface area contributed by atoms with Gasteiger partial charge in [0, 0.05) is 12.5 Å². The van der Waals surface area contributed by atoms with Crippen LogP contribution in [0.5, 0.6) is 0 Å². The third kappa shape index (κ3) is 2.74. The Kier molecular flexibility index (Phi) is 3.84. The second-order valence-electron chi connectivity index (χ2n) is 6.55. The summed E-state index contributed by atoms with van der Waals surface area (Å²) in [5, 5.41) is 3.77. The lowest BCUT2D eigenvalue weighted by Gasteiger charge is -2.24. The van der Waals surface area contributed by atoms with Gasteiger partial charge in [-0.15, -0.1) is 0 Å². The van der Waals surface area contributed by atoms with Crippen molar-refractivity contribution in [3.05, 3.63) is 29.3 Å². The lowest BCUT2D eigenvalue weighted by atomic mass is 9.80. The third-order valence-electron chi connectivity index (χ3n) is 4.66. The first kappa shape index (κ1) is 14.7. The van der Waals surface area contributed by atoms with Crippen molar-refractivity contribution in [1.82, 2.24) is 4.90 Å². The standard InChI is InChI=1S/C16H21ClN2O2/c1-16(2)10-19(14-9-21-8-11(14)16)15(20)7-18-13-6-4-3-5-12(13)17/h3-6,11,14,18H,7-10H2,1-2H3/t11-,14+/m0/s1.